The van der Waals surface area contributed by atoms with Gasteiger partial charge in [0.2, 0.25) is 40.7 Å². The molecule has 1 fully saturated rings. The van der Waals surface area contributed by atoms with Crippen molar-refractivity contribution in [3.8, 4) is 16.9 Å². The smallest absolute Gasteiger partial charge is 0.407 e. The zero-order valence-electron chi connectivity index (χ0n) is 35.8. The van der Waals surface area contributed by atoms with Crippen molar-refractivity contribution in [2.45, 2.75) is 96.0 Å². The first-order valence-corrected chi connectivity index (χ1v) is 20.4. The molecule has 1 aliphatic heterocycles. The summed E-state index contributed by atoms with van der Waals surface area (Å²) in [5.74, 6) is -20.3. The van der Waals surface area contributed by atoms with Gasteiger partial charge in [0.25, 0.3) is 0 Å². The minimum absolute atomic E-state index is 0.100. The molecule has 1 heterocycles. The summed E-state index contributed by atoms with van der Waals surface area (Å²) in [4.78, 5) is 87.1. The Morgan fingerprint density at radius 3 is 1.76 bits per heavy atom. The van der Waals surface area contributed by atoms with Crippen LogP contribution < -0.4 is 15.4 Å². The van der Waals surface area contributed by atoms with Crippen LogP contribution in [0.2, 0.25) is 0 Å². The number of hydrogen-bond acceptors (Lipinski definition) is 15. The van der Waals surface area contributed by atoms with E-state index in [0.29, 0.717) is 6.42 Å². The molecule has 5 rings (SSSR count). The maximum atomic E-state index is 14.3. The molecule has 3 aromatic rings. The number of esters is 5. The molecule has 0 aromatic heterocycles. The predicted octanol–water partition coefficient (Wildman–Crippen LogP) is 4.97. The quantitative estimate of drug-likeness (QED) is 0.0309. The fraction of sp³-hybridized carbons (Fsp3) is 0.432. The predicted molar refractivity (Wildman–Crippen MR) is 213 cm³/mol. The number of alkyl carbamates (subject to hydrolysis) is 1. The number of nitrogens with one attached hydrogen (secondary N) is 2. The van der Waals surface area contributed by atoms with Gasteiger partial charge in [-0.2, -0.15) is 8.78 Å². The average molecular weight is 937 g/mol. The van der Waals surface area contributed by atoms with E-state index in [1.165, 1.54) is 0 Å². The number of halogens is 5. The molecule has 3 aromatic carbocycles. The largest absolute Gasteiger partial charge is 0.463 e. The molecule has 17 nitrogen and oxygen atoms in total. The number of fused-ring (bicyclic) bond motifs is 3. The van der Waals surface area contributed by atoms with Crippen LogP contribution >= 0.6 is 0 Å². The molecule has 356 valence electrons. The Kier molecular flexibility index (Phi) is 17.5. The lowest BCUT2D eigenvalue weighted by atomic mass is 9.98. The maximum Gasteiger partial charge on any atom is 0.407 e. The second kappa shape index (κ2) is 23.0. The molecular formula is C44H45F5N2O15. The van der Waals surface area contributed by atoms with Gasteiger partial charge in [0.1, 0.15) is 25.4 Å². The molecule has 2 amide bonds. The fourth-order valence-corrected chi connectivity index (χ4v) is 7.25. The number of amides is 2. The van der Waals surface area contributed by atoms with Gasteiger partial charge in [-0.05, 0) is 41.5 Å². The molecule has 2 N–H and O–H groups in total. The van der Waals surface area contributed by atoms with Crippen molar-refractivity contribution in [3.63, 3.8) is 0 Å². The Morgan fingerprint density at radius 1 is 0.636 bits per heavy atom. The van der Waals surface area contributed by atoms with Gasteiger partial charge in [0, 0.05) is 46.8 Å². The minimum atomic E-state index is -2.49. The normalized spacial score (nSPS) is 19.0. The van der Waals surface area contributed by atoms with Gasteiger partial charge < -0.3 is 48.5 Å². The first kappa shape index (κ1) is 50.3. The summed E-state index contributed by atoms with van der Waals surface area (Å²) in [5.41, 5.74) is 3.55. The van der Waals surface area contributed by atoms with Crippen molar-refractivity contribution in [1.82, 2.24) is 10.6 Å². The summed E-state index contributed by atoms with van der Waals surface area (Å²) < 4.78 is 113. The molecule has 0 unspecified atom stereocenters. The highest BCUT2D eigenvalue weighted by atomic mass is 19.2. The van der Waals surface area contributed by atoms with Gasteiger partial charge in [-0.25, -0.2) is 18.0 Å². The summed E-state index contributed by atoms with van der Waals surface area (Å²) >= 11 is 0. The average Bonchev–Trinajstić information content (AvgIpc) is 3.59. The monoisotopic (exact) mass is 936 g/mol. The molecule has 0 radical (unpaired) electrons. The highest BCUT2D eigenvalue weighted by molar-refractivity contribution is 5.90. The molecular weight excluding hydrogens is 891 g/mol. The molecule has 2 aliphatic rings. The maximum absolute atomic E-state index is 14.3. The highest BCUT2D eigenvalue weighted by Crippen LogP contribution is 2.44. The van der Waals surface area contributed by atoms with Crippen LogP contribution in [0.3, 0.4) is 0 Å². The molecule has 1 saturated heterocycles. The van der Waals surface area contributed by atoms with Crippen LogP contribution in [-0.4, -0.2) is 105 Å². The van der Waals surface area contributed by atoms with E-state index < -0.39 is 132 Å². The van der Waals surface area contributed by atoms with Gasteiger partial charge in [0.05, 0.1) is 6.42 Å². The number of benzene rings is 3. The number of carbonyl (C=O) groups is 7. The first-order chi connectivity index (χ1) is 31.4. The van der Waals surface area contributed by atoms with Gasteiger partial charge in [-0.1, -0.05) is 48.5 Å². The highest BCUT2D eigenvalue weighted by Gasteiger charge is 2.52. The van der Waals surface area contributed by atoms with Crippen LogP contribution in [0.25, 0.3) is 11.1 Å². The van der Waals surface area contributed by atoms with Crippen LogP contribution in [0.4, 0.5) is 26.7 Å². The van der Waals surface area contributed by atoms with Gasteiger partial charge in [0.15, 0.2) is 24.6 Å². The molecule has 0 bridgehead atoms. The fourth-order valence-electron chi connectivity index (χ4n) is 7.25. The van der Waals surface area contributed by atoms with Crippen molar-refractivity contribution in [1.29, 1.82) is 0 Å². The summed E-state index contributed by atoms with van der Waals surface area (Å²) in [6.07, 6.45) is -8.52. The lowest BCUT2D eigenvalue weighted by Crippen LogP contribution is -2.63. The van der Waals surface area contributed by atoms with E-state index in [4.69, 9.17) is 33.2 Å². The van der Waals surface area contributed by atoms with Crippen LogP contribution in [0.5, 0.6) is 5.75 Å². The van der Waals surface area contributed by atoms with E-state index in [1.54, 1.807) is 0 Å². The van der Waals surface area contributed by atoms with E-state index in [0.717, 1.165) is 49.9 Å². The molecule has 66 heavy (non-hydrogen) atoms. The molecule has 1 aliphatic carbocycles. The van der Waals surface area contributed by atoms with Crippen LogP contribution in [0, 0.1) is 29.1 Å². The Balaban J connectivity index is 1.21. The van der Waals surface area contributed by atoms with E-state index in [-0.39, 0.29) is 32.6 Å². The number of carbonyl (C=O) groups excluding carboxylic acids is 7. The van der Waals surface area contributed by atoms with E-state index in [9.17, 15) is 55.5 Å². The Bertz CT molecular complexity index is 2240. The van der Waals surface area contributed by atoms with Crippen molar-refractivity contribution < 1.29 is 93.4 Å². The van der Waals surface area contributed by atoms with Crippen molar-refractivity contribution in [2.75, 3.05) is 26.4 Å². The summed E-state index contributed by atoms with van der Waals surface area (Å²) in [7, 11) is 0. The summed E-state index contributed by atoms with van der Waals surface area (Å²) in [6, 6.07) is 13.0. The number of unbranched alkanes of at least 4 members (excludes halogenated alkanes) is 2. The second-order valence-electron chi connectivity index (χ2n) is 14.9. The lowest BCUT2D eigenvalue weighted by molar-refractivity contribution is -0.308. The van der Waals surface area contributed by atoms with Crippen LogP contribution in [0.15, 0.2) is 48.5 Å². The lowest BCUT2D eigenvalue weighted by Gasteiger charge is -2.44. The van der Waals surface area contributed by atoms with Crippen molar-refractivity contribution >= 4 is 41.8 Å². The Hall–Kier alpha value is -6.68. The Morgan fingerprint density at radius 2 is 1.18 bits per heavy atom. The SMILES string of the molecule is CC(=O)OC[C@H]1O[C@H](OCCCCCNC(=O)[C@H](CC(=O)Oc2c(F)c(F)c(F)c(F)c2F)NC(=O)OCC2c3ccccc3-c3ccccc32)[C@@H](OC(C)=O)[C@@H](OC(C)=O)[C@@H]1OC(C)=O. The minimum Gasteiger partial charge on any atom is -0.463 e. The van der Waals surface area contributed by atoms with E-state index >= 15 is 0 Å². The molecule has 0 saturated carbocycles. The Labute approximate surface area is 373 Å². The van der Waals surface area contributed by atoms with E-state index in [1.807, 2.05) is 48.5 Å². The topological polar surface area (TPSA) is 217 Å². The van der Waals surface area contributed by atoms with Crippen molar-refractivity contribution in [3.05, 3.63) is 88.7 Å². The number of ether oxygens (including phenoxy) is 8. The third-order valence-electron chi connectivity index (χ3n) is 10.1. The van der Waals surface area contributed by atoms with Gasteiger partial charge >= 0.3 is 35.9 Å². The van der Waals surface area contributed by atoms with Gasteiger partial charge in [-0.3, -0.25) is 28.8 Å². The standard InChI is InChI=1S/C44H45F5N2O15/c1-21(52)60-20-31-38(62-22(2)53)40(63-23(3)54)41(64-24(4)55)43(65-31)59-17-11-5-10-16-50-42(57)30(18-32(56)66-39-36(48)34(46)33(45)35(47)37(39)49)51-44(58)61-19-29-27-14-8-6-12-25(27)26-13-7-9-15-28(26)29/h6-9,12-15,29-31,38,40-41,43H,5,10-11,16-20H2,1-4H3,(H,50,57)(H,51,58)/t30-,31+,38+,40-,41-,43-/m0/s1. The second-order valence-corrected chi connectivity index (χ2v) is 14.9. The van der Waals surface area contributed by atoms with Crippen LogP contribution in [-0.2, 0) is 61.9 Å². The van der Waals surface area contributed by atoms with Crippen LogP contribution in [0.1, 0.15) is 70.4 Å². The summed E-state index contributed by atoms with van der Waals surface area (Å²) in [5, 5.41) is 4.69. The van der Waals surface area contributed by atoms with Gasteiger partial charge in [-0.15, -0.1) is 0 Å². The zero-order valence-corrected chi connectivity index (χ0v) is 35.8. The van der Waals surface area contributed by atoms with Crippen molar-refractivity contribution in [2.24, 2.45) is 0 Å². The number of rotatable bonds is 19. The van der Waals surface area contributed by atoms with E-state index in [2.05, 4.69) is 15.4 Å². The molecule has 0 spiro atoms. The number of hydrogen-bond donors (Lipinski definition) is 2. The zero-order chi connectivity index (χ0) is 48.2. The molecule has 22 heteroatoms. The third kappa shape index (κ3) is 12.8. The third-order valence-corrected chi connectivity index (χ3v) is 10.1. The first-order valence-electron chi connectivity index (χ1n) is 20.4. The molecule has 6 atom stereocenters. The summed E-state index contributed by atoms with van der Waals surface area (Å²) in [6.45, 7) is 3.43.